The zero-order chi connectivity index (χ0) is 24.3. The molecule has 32 heavy (non-hydrogen) atoms. The number of hydrogen-bond acceptors (Lipinski definition) is 7. The number of amides is 3. The van der Waals surface area contributed by atoms with Crippen LogP contribution in [0.2, 0.25) is 0 Å². The molecule has 5 unspecified atom stereocenters. The van der Waals surface area contributed by atoms with Gasteiger partial charge in [-0.1, -0.05) is 50.6 Å². The van der Waals surface area contributed by atoms with Crippen LogP contribution in [-0.4, -0.2) is 64.5 Å². The summed E-state index contributed by atoms with van der Waals surface area (Å²) in [6, 6.07) is 4.91. The highest BCUT2D eigenvalue weighted by Gasteiger charge is 2.32. The molecule has 6 N–H and O–H groups in total. The van der Waals surface area contributed by atoms with Gasteiger partial charge in [-0.3, -0.25) is 14.4 Å². The van der Waals surface area contributed by atoms with Crippen molar-refractivity contribution in [3.05, 3.63) is 35.9 Å². The molecule has 0 heterocycles. The van der Waals surface area contributed by atoms with Crippen molar-refractivity contribution in [2.75, 3.05) is 11.5 Å². The van der Waals surface area contributed by atoms with Crippen LogP contribution in [0.25, 0.3) is 0 Å². The van der Waals surface area contributed by atoms with Crippen LogP contribution in [0.3, 0.4) is 0 Å². The smallest absolute Gasteiger partial charge is 0.327 e. The van der Waals surface area contributed by atoms with E-state index >= 15 is 0 Å². The summed E-state index contributed by atoms with van der Waals surface area (Å²) in [6.07, 6.45) is 0.722. The molecule has 0 fully saturated rings. The number of hydrogen-bond donors (Lipinski definition) is 7. The van der Waals surface area contributed by atoms with Gasteiger partial charge in [0.1, 0.15) is 18.1 Å². The number of rotatable bonds is 13. The van der Waals surface area contributed by atoms with Crippen LogP contribution in [0.5, 0.6) is 0 Å². The molecule has 5 atom stereocenters. The number of nitrogens with one attached hydrogen (secondary N) is 3. The van der Waals surface area contributed by atoms with E-state index < -0.39 is 47.9 Å². The van der Waals surface area contributed by atoms with Crippen LogP contribution in [0, 0.1) is 5.92 Å². The average Bonchev–Trinajstić information content (AvgIpc) is 2.79. The lowest BCUT2D eigenvalue weighted by Crippen LogP contribution is -2.59. The number of aliphatic carboxylic acids is 1. The summed E-state index contributed by atoms with van der Waals surface area (Å²) in [5, 5.41) is 16.9. The van der Waals surface area contributed by atoms with Gasteiger partial charge in [0.05, 0.1) is 6.04 Å². The summed E-state index contributed by atoms with van der Waals surface area (Å²) in [5.74, 6) is -3.22. The average molecular weight is 485 g/mol. The minimum absolute atomic E-state index is 0.111. The van der Waals surface area contributed by atoms with Gasteiger partial charge in [-0.05, 0) is 11.5 Å². The molecule has 0 radical (unpaired) electrons. The topological polar surface area (TPSA) is 151 Å². The fourth-order valence-corrected chi connectivity index (χ4v) is 3.24. The largest absolute Gasteiger partial charge is 0.480 e. The highest BCUT2D eigenvalue weighted by atomic mass is 32.1. The summed E-state index contributed by atoms with van der Waals surface area (Å²) >= 11 is 7.96. The van der Waals surface area contributed by atoms with Gasteiger partial charge >= 0.3 is 5.97 Å². The third kappa shape index (κ3) is 8.71. The Morgan fingerprint density at radius 1 is 0.938 bits per heavy atom. The standard InChI is InChI=1S/C21H32N4O5S2/c1-3-12(2)17(25-18(26)14(22)10-31)20(28)23-15(9-13-7-5-4-6-8-13)19(27)24-16(11-32)21(29)30/h4-8,12,14-17,31-32H,3,9-11,22H2,1-2H3,(H,23,28)(H,24,27)(H,25,26)(H,29,30). The fourth-order valence-electron chi connectivity index (χ4n) is 2.82. The first kappa shape index (κ1) is 27.8. The number of nitrogens with two attached hydrogens (primary N) is 1. The van der Waals surface area contributed by atoms with Crippen molar-refractivity contribution in [3.8, 4) is 0 Å². The second-order valence-electron chi connectivity index (χ2n) is 7.49. The lowest BCUT2D eigenvalue weighted by atomic mass is 9.96. The summed E-state index contributed by atoms with van der Waals surface area (Å²) in [4.78, 5) is 49.5. The molecule has 178 valence electrons. The molecule has 9 nitrogen and oxygen atoms in total. The van der Waals surface area contributed by atoms with Gasteiger partial charge in [-0.25, -0.2) is 4.79 Å². The number of carbonyl (C=O) groups is 4. The predicted octanol–water partition coefficient (Wildman–Crippen LogP) is 0.00110. The minimum atomic E-state index is -1.23. The van der Waals surface area contributed by atoms with Crippen molar-refractivity contribution in [3.63, 3.8) is 0 Å². The molecule has 0 spiro atoms. The maximum atomic E-state index is 13.1. The molecule has 0 aliphatic heterocycles. The Morgan fingerprint density at radius 3 is 2.03 bits per heavy atom. The first-order valence-electron chi connectivity index (χ1n) is 10.3. The Bertz CT molecular complexity index is 781. The van der Waals surface area contributed by atoms with Gasteiger partial charge in [0, 0.05) is 17.9 Å². The summed E-state index contributed by atoms with van der Waals surface area (Å²) in [5.41, 5.74) is 6.48. The number of carbonyl (C=O) groups excluding carboxylic acids is 3. The molecular formula is C21H32N4O5S2. The highest BCUT2D eigenvalue weighted by Crippen LogP contribution is 2.11. The van der Waals surface area contributed by atoms with E-state index in [1.807, 2.05) is 13.0 Å². The molecule has 1 aromatic carbocycles. The predicted molar refractivity (Wildman–Crippen MR) is 129 cm³/mol. The van der Waals surface area contributed by atoms with Gasteiger partial charge in [0.15, 0.2) is 0 Å². The Labute approximate surface area is 199 Å². The van der Waals surface area contributed by atoms with Gasteiger partial charge in [0.25, 0.3) is 0 Å². The van der Waals surface area contributed by atoms with E-state index in [2.05, 4.69) is 41.2 Å². The van der Waals surface area contributed by atoms with Crippen LogP contribution in [0.1, 0.15) is 25.8 Å². The Balaban J connectivity index is 3.10. The first-order chi connectivity index (χ1) is 15.1. The minimum Gasteiger partial charge on any atom is -0.480 e. The van der Waals surface area contributed by atoms with E-state index in [4.69, 9.17) is 5.73 Å². The van der Waals surface area contributed by atoms with Gasteiger partial charge in [-0.15, -0.1) is 0 Å². The van der Waals surface area contributed by atoms with Crippen LogP contribution >= 0.6 is 25.3 Å². The Hall–Kier alpha value is -2.24. The molecule has 1 rings (SSSR count). The van der Waals surface area contributed by atoms with Crippen LogP contribution in [0.4, 0.5) is 0 Å². The third-order valence-corrected chi connectivity index (χ3v) is 5.80. The Morgan fingerprint density at radius 2 is 1.53 bits per heavy atom. The summed E-state index contributed by atoms with van der Waals surface area (Å²) in [7, 11) is 0. The van der Waals surface area contributed by atoms with Crippen molar-refractivity contribution in [1.29, 1.82) is 0 Å². The van der Waals surface area contributed by atoms with Gasteiger partial charge in [0.2, 0.25) is 17.7 Å². The third-order valence-electron chi connectivity index (χ3n) is 5.04. The van der Waals surface area contributed by atoms with Crippen molar-refractivity contribution >= 4 is 48.9 Å². The highest BCUT2D eigenvalue weighted by molar-refractivity contribution is 7.80. The second-order valence-corrected chi connectivity index (χ2v) is 8.22. The molecule has 0 aliphatic rings. The first-order valence-corrected chi connectivity index (χ1v) is 11.6. The van der Waals surface area contributed by atoms with Gasteiger partial charge in [-0.2, -0.15) is 25.3 Å². The van der Waals surface area contributed by atoms with Crippen LogP contribution in [-0.2, 0) is 25.6 Å². The molecule has 0 saturated carbocycles. The SMILES string of the molecule is CCC(C)C(NC(=O)C(N)CS)C(=O)NC(Cc1ccccc1)C(=O)NC(CS)C(=O)O. The van der Waals surface area contributed by atoms with Crippen molar-refractivity contribution < 1.29 is 24.3 Å². The van der Waals surface area contributed by atoms with E-state index in [0.29, 0.717) is 6.42 Å². The van der Waals surface area contributed by atoms with E-state index in [9.17, 15) is 24.3 Å². The van der Waals surface area contributed by atoms with E-state index in [1.165, 1.54) is 0 Å². The van der Waals surface area contributed by atoms with Crippen LogP contribution < -0.4 is 21.7 Å². The number of benzene rings is 1. The van der Waals surface area contributed by atoms with E-state index in [-0.39, 0.29) is 23.8 Å². The normalized spacial score (nSPS) is 15.5. The molecular weight excluding hydrogens is 452 g/mol. The van der Waals surface area contributed by atoms with Crippen molar-refractivity contribution in [1.82, 2.24) is 16.0 Å². The van der Waals surface area contributed by atoms with E-state index in [1.54, 1.807) is 31.2 Å². The molecule has 0 aliphatic carbocycles. The molecule has 1 aromatic rings. The second kappa shape index (κ2) is 14.0. The zero-order valence-corrected chi connectivity index (χ0v) is 19.9. The molecule has 0 saturated heterocycles. The maximum Gasteiger partial charge on any atom is 0.327 e. The summed E-state index contributed by atoms with van der Waals surface area (Å²) in [6.45, 7) is 3.67. The Kier molecular flexibility index (Phi) is 12.2. The fraction of sp³-hybridized carbons (Fsp3) is 0.524. The van der Waals surface area contributed by atoms with Crippen molar-refractivity contribution in [2.24, 2.45) is 11.7 Å². The maximum absolute atomic E-state index is 13.1. The number of thiol groups is 2. The number of carboxylic acid groups (broad SMARTS) is 1. The molecule has 3 amide bonds. The number of carboxylic acids is 1. The monoisotopic (exact) mass is 484 g/mol. The lowest BCUT2D eigenvalue weighted by Gasteiger charge is -2.27. The zero-order valence-electron chi connectivity index (χ0n) is 18.2. The molecule has 0 bridgehead atoms. The molecule has 11 heteroatoms. The molecule has 0 aromatic heterocycles. The van der Waals surface area contributed by atoms with Crippen LogP contribution in [0.15, 0.2) is 30.3 Å². The lowest BCUT2D eigenvalue weighted by molar-refractivity contribution is -0.141. The quantitative estimate of drug-likeness (QED) is 0.196. The van der Waals surface area contributed by atoms with E-state index in [0.717, 1.165) is 5.56 Å². The van der Waals surface area contributed by atoms with Gasteiger partial charge < -0.3 is 26.8 Å². The summed E-state index contributed by atoms with van der Waals surface area (Å²) < 4.78 is 0. The van der Waals surface area contributed by atoms with Crippen molar-refractivity contribution in [2.45, 2.75) is 50.9 Å².